The lowest BCUT2D eigenvalue weighted by Gasteiger charge is -2.35. The minimum atomic E-state index is -0.616. The summed E-state index contributed by atoms with van der Waals surface area (Å²) in [6.07, 6.45) is 10.9. The number of thiazole rings is 3. The van der Waals surface area contributed by atoms with Crippen molar-refractivity contribution >= 4 is 137 Å². The Hall–Kier alpha value is -12.2. The molecule has 624 valence electrons. The molecule has 0 unspecified atom stereocenters. The van der Waals surface area contributed by atoms with Gasteiger partial charge in [-0.15, -0.1) is 0 Å². The fraction of sp³-hybridized carbons (Fsp3) is 0.378. The lowest BCUT2D eigenvalue weighted by molar-refractivity contribution is 0.258. The Morgan fingerprint density at radius 1 is 0.378 bits per heavy atom. The number of piperazine rings is 3. The number of benzene rings is 3. The van der Waals surface area contributed by atoms with Crippen LogP contribution in [-0.4, -0.2) is 191 Å². The van der Waals surface area contributed by atoms with E-state index < -0.39 is 11.8 Å². The molecule has 9 N–H and O–H groups in total. The van der Waals surface area contributed by atoms with Crippen molar-refractivity contribution in [1.82, 2.24) is 75.0 Å². The third-order valence-corrected chi connectivity index (χ3v) is 22.4. The summed E-state index contributed by atoms with van der Waals surface area (Å²) < 4.78 is 30.1. The highest BCUT2D eigenvalue weighted by atomic mass is 32.1. The molecule has 3 aliphatic heterocycles. The first-order valence-corrected chi connectivity index (χ1v) is 42.5. The van der Waals surface area contributed by atoms with E-state index in [0.29, 0.717) is 81.9 Å². The van der Waals surface area contributed by atoms with Gasteiger partial charge in [-0.05, 0) is 125 Å². The van der Waals surface area contributed by atoms with E-state index in [1.54, 1.807) is 41.8 Å². The molecule has 0 bridgehead atoms. The summed E-state index contributed by atoms with van der Waals surface area (Å²) >= 11 is 4.47. The van der Waals surface area contributed by atoms with Crippen LogP contribution in [0.3, 0.4) is 0 Å². The number of hydrogen-bond donors (Lipinski definition) is 9. The van der Waals surface area contributed by atoms with Crippen molar-refractivity contribution in [3.63, 3.8) is 0 Å². The van der Waals surface area contributed by atoms with Crippen molar-refractivity contribution in [3.05, 3.63) is 162 Å². The van der Waals surface area contributed by atoms with E-state index in [0.717, 1.165) is 187 Å². The van der Waals surface area contributed by atoms with Gasteiger partial charge < -0.3 is 60.2 Å². The topological polar surface area (TPSA) is 373 Å². The number of anilines is 15. The number of nitrogens with zero attached hydrogens (tertiary/aromatic N) is 18. The van der Waals surface area contributed by atoms with Crippen molar-refractivity contribution in [2.75, 3.05) is 161 Å². The van der Waals surface area contributed by atoms with Crippen LogP contribution in [-0.2, 0) is 19.3 Å². The van der Waals surface area contributed by atoms with E-state index in [1.165, 1.54) is 47.6 Å². The zero-order valence-corrected chi connectivity index (χ0v) is 70.9. The minimum absolute atomic E-state index is 0.0443. The third kappa shape index (κ3) is 23.8. The molecular weight excluding hydrogens is 1570 g/mol. The highest BCUT2D eigenvalue weighted by molar-refractivity contribution is 7.19. The molecule has 0 spiro atoms. The van der Waals surface area contributed by atoms with Crippen LogP contribution in [0, 0.1) is 33.5 Å². The first-order valence-electron chi connectivity index (χ1n) is 40.1. The van der Waals surface area contributed by atoms with Crippen LogP contribution < -0.4 is 62.6 Å². The molecule has 33 nitrogen and oxygen atoms in total. The SMILES string of the molecule is CCCN1CCN(c2cc(Nc3ncc(-c4ccc(NC(=O)Nc5cc(CC)on5)c(C)c4)s3)nc(C)n2)CC1.CCCN1CCN(c2cc(Nc3ncc(-c4ccc(NC(=O)Nc5cc(CC)on5)c(F)c4)s3)nc(C)n2)CC1.CCCN1CCN(c2cc(Nc3ncc(-c4ccc(NC(=O)Nc5cc(CC)on5)cc4)s3)nc(C)n2)CC1. The molecule has 3 aromatic carbocycles. The molecule has 15 rings (SSSR count). The molecule has 119 heavy (non-hydrogen) atoms. The second kappa shape index (κ2) is 40.8. The number of carbonyl (C=O) groups excluding carboxylic acids is 3. The molecule has 0 atom stereocenters. The smallest absolute Gasteiger partial charge is 0.325 e. The molecule has 0 saturated carbocycles. The monoisotopic (exact) mass is 1670 g/mol. The molecule has 3 saturated heterocycles. The third-order valence-electron chi connectivity index (χ3n) is 19.5. The average molecular weight is 1680 g/mol. The first kappa shape index (κ1) is 84.7. The van der Waals surface area contributed by atoms with Gasteiger partial charge in [-0.1, -0.05) is 115 Å². The van der Waals surface area contributed by atoms with Gasteiger partial charge in [0.25, 0.3) is 0 Å². The van der Waals surface area contributed by atoms with Gasteiger partial charge in [0, 0.05) is 164 Å². The second-order valence-corrected chi connectivity index (χ2v) is 31.7. The number of nitrogens with one attached hydrogen (secondary N) is 9. The molecule has 0 radical (unpaired) electrons. The Morgan fingerprint density at radius 3 is 1.06 bits per heavy atom. The van der Waals surface area contributed by atoms with Gasteiger partial charge in [0.2, 0.25) is 0 Å². The van der Waals surface area contributed by atoms with Crippen molar-refractivity contribution < 1.29 is 32.3 Å². The number of hydrogen-bond acceptors (Lipinski definition) is 30. The predicted octanol–water partition coefficient (Wildman–Crippen LogP) is 16.6. The summed E-state index contributed by atoms with van der Waals surface area (Å²) in [5.41, 5.74) is 5.01. The zero-order valence-electron chi connectivity index (χ0n) is 68.4. The van der Waals surface area contributed by atoms with E-state index in [4.69, 9.17) is 13.6 Å². The predicted molar refractivity (Wildman–Crippen MR) is 470 cm³/mol. The standard InChI is InChI=1S/C28H35N9O2S.C27H32FN9O2S.C27H33N9O2S/c1-5-9-36-10-12-37(13-11-36)26-16-24(30-19(4)31-26)34-28-29-17-23(40-28)20-7-8-22(18(3)14-20)32-27(38)33-25-15-21(6-2)39-35-25;1-4-8-36-9-11-37(12-10-36)25-15-23(30-17(3)31-25)34-27-29-16-22(40-27)18-6-7-21(20(28)13-18)32-26(38)33-24-14-19(5-2)39-35-24;1-4-10-35-11-13-36(14-12-35)25-16-23(29-18(3)30-25)33-27-28-17-22(39-27)19-6-8-20(9-7-19)31-26(37)32-24-15-21(5-2)38-34-24/h7-8,14-17H,5-6,9-13H2,1-4H3,(H,29,30,31,34)(H2,32,33,35,38);6-7,13-16H,4-5,8-12H2,1-3H3,(H,29,30,31,34)(H2,32,33,35,38);6-9,15-17H,4-5,10-14H2,1-3H3,(H,28,29,30,33)(H2,31,32,34,37). The van der Waals surface area contributed by atoms with Crippen LogP contribution in [0.25, 0.3) is 31.3 Å². The summed E-state index contributed by atoms with van der Waals surface area (Å²) in [5.74, 6) is 9.56. The number of aromatic nitrogens is 12. The number of aryl methyl sites for hydroxylation is 7. The molecule has 12 heterocycles. The van der Waals surface area contributed by atoms with Crippen LogP contribution in [0.1, 0.15) is 101 Å². The highest BCUT2D eigenvalue weighted by Gasteiger charge is 2.24. The Labute approximate surface area is 701 Å². The van der Waals surface area contributed by atoms with Gasteiger partial charge in [0.1, 0.15) is 75.5 Å². The van der Waals surface area contributed by atoms with Crippen LogP contribution in [0.5, 0.6) is 0 Å². The van der Waals surface area contributed by atoms with Crippen LogP contribution in [0.15, 0.2) is 129 Å². The van der Waals surface area contributed by atoms with Gasteiger partial charge in [-0.3, -0.25) is 30.7 Å². The van der Waals surface area contributed by atoms with Crippen LogP contribution >= 0.6 is 34.0 Å². The van der Waals surface area contributed by atoms with Gasteiger partial charge in [-0.2, -0.15) is 0 Å². The summed E-state index contributed by atoms with van der Waals surface area (Å²) in [7, 11) is 0. The van der Waals surface area contributed by atoms with Gasteiger partial charge >= 0.3 is 18.1 Å². The molecule has 0 aliphatic carbocycles. The number of halogens is 1. The molecular formula is C82H100FN27O6S3. The number of urea groups is 3. The highest BCUT2D eigenvalue weighted by Crippen LogP contribution is 2.37. The Kier molecular flexibility index (Phi) is 29.1. The zero-order chi connectivity index (χ0) is 83.3. The van der Waals surface area contributed by atoms with Gasteiger partial charge in [-0.25, -0.2) is 63.6 Å². The summed E-state index contributed by atoms with van der Waals surface area (Å²) in [6.45, 7) is 35.5. The summed E-state index contributed by atoms with van der Waals surface area (Å²) in [5, 5.41) is 39.6. The quantitative estimate of drug-likeness (QED) is 0.0231. The van der Waals surface area contributed by atoms with Crippen LogP contribution in [0.4, 0.5) is 104 Å². The van der Waals surface area contributed by atoms with Gasteiger partial charge in [0.05, 0.1) is 20.3 Å². The number of rotatable bonds is 27. The largest absolute Gasteiger partial charge is 0.359 e. The lowest BCUT2D eigenvalue weighted by atomic mass is 10.1. The maximum atomic E-state index is 14.8. The number of amides is 6. The van der Waals surface area contributed by atoms with E-state index in [2.05, 4.69) is 158 Å². The maximum absolute atomic E-state index is 14.8. The fourth-order valence-electron chi connectivity index (χ4n) is 13.5. The lowest BCUT2D eigenvalue weighted by Crippen LogP contribution is -2.46. The molecule has 9 aromatic heterocycles. The van der Waals surface area contributed by atoms with Crippen molar-refractivity contribution in [3.8, 4) is 31.3 Å². The van der Waals surface area contributed by atoms with Gasteiger partial charge in [0.15, 0.2) is 32.8 Å². The Bertz CT molecular complexity index is 5140. The normalized spacial score (nSPS) is 13.9. The van der Waals surface area contributed by atoms with E-state index in [-0.39, 0.29) is 23.6 Å². The van der Waals surface area contributed by atoms with E-state index in [9.17, 15) is 18.8 Å². The molecule has 37 heteroatoms. The van der Waals surface area contributed by atoms with Crippen molar-refractivity contribution in [1.29, 1.82) is 0 Å². The Morgan fingerprint density at radius 2 is 0.714 bits per heavy atom. The first-order chi connectivity index (χ1) is 57.8. The van der Waals surface area contributed by atoms with Crippen molar-refractivity contribution in [2.24, 2.45) is 0 Å². The fourth-order valence-corrected chi connectivity index (χ4v) is 16.0. The summed E-state index contributed by atoms with van der Waals surface area (Å²) in [6, 6.07) is 27.7. The average Bonchev–Trinajstić information content (AvgIpc) is 1.80. The molecule has 6 amide bonds. The summed E-state index contributed by atoms with van der Waals surface area (Å²) in [4.78, 5) is 95.4. The minimum Gasteiger partial charge on any atom is -0.359 e. The van der Waals surface area contributed by atoms with E-state index >= 15 is 0 Å². The van der Waals surface area contributed by atoms with E-state index in [1.807, 2.05) is 122 Å². The number of carbonyl (C=O) groups is 3. The Balaban J connectivity index is 0.000000155. The molecule has 3 aliphatic rings. The second-order valence-electron chi connectivity index (χ2n) is 28.6. The van der Waals surface area contributed by atoms with Crippen molar-refractivity contribution in [2.45, 2.75) is 108 Å². The molecule has 12 aromatic rings. The molecule has 3 fully saturated rings. The van der Waals surface area contributed by atoms with Crippen LogP contribution in [0.2, 0.25) is 0 Å². The maximum Gasteiger partial charge on any atom is 0.325 e.